The summed E-state index contributed by atoms with van der Waals surface area (Å²) in [4.78, 5) is 33.1. The highest BCUT2D eigenvalue weighted by Gasteiger charge is 2.36. The van der Waals surface area contributed by atoms with Crippen molar-refractivity contribution in [2.45, 2.75) is 38.1 Å². The van der Waals surface area contributed by atoms with Gasteiger partial charge in [-0.2, -0.15) is 0 Å². The first-order valence-corrected chi connectivity index (χ1v) is 10.1. The molecule has 28 heavy (non-hydrogen) atoms. The lowest BCUT2D eigenvalue weighted by molar-refractivity contribution is -0.115. The summed E-state index contributed by atoms with van der Waals surface area (Å²) in [7, 11) is 0. The number of hydrogen-bond donors (Lipinski definition) is 1. The molecule has 6 nitrogen and oxygen atoms in total. The third-order valence-electron chi connectivity index (χ3n) is 5.42. The number of urea groups is 1. The standard InChI is InChI=1S/C21H23ClN4O2/c22-18-8-4-1-5-15(18)13-20(27)24-16-9-10-19(23-14-16)26-12-11-25(21(26)28)17-6-2-3-7-17/h1,4-5,8-10,14,17H,2-3,6-7,11-13H2,(H,24,27). The molecule has 2 aromatic rings. The van der Waals surface area contributed by atoms with Gasteiger partial charge in [0.15, 0.2) is 0 Å². The number of hydrogen-bond acceptors (Lipinski definition) is 3. The van der Waals surface area contributed by atoms with Crippen molar-refractivity contribution in [2.75, 3.05) is 23.3 Å². The van der Waals surface area contributed by atoms with E-state index in [0.717, 1.165) is 24.9 Å². The zero-order chi connectivity index (χ0) is 19.5. The van der Waals surface area contributed by atoms with Crippen molar-refractivity contribution in [3.8, 4) is 0 Å². The number of nitrogens with zero attached hydrogens (tertiary/aromatic N) is 3. The van der Waals surface area contributed by atoms with Crippen LogP contribution in [0.15, 0.2) is 42.6 Å². The summed E-state index contributed by atoms with van der Waals surface area (Å²) in [5, 5.41) is 3.40. The molecule has 1 saturated heterocycles. The summed E-state index contributed by atoms with van der Waals surface area (Å²) in [6.07, 6.45) is 6.39. The van der Waals surface area contributed by atoms with Crippen LogP contribution in [0.25, 0.3) is 0 Å². The third kappa shape index (κ3) is 3.97. The number of amides is 3. The van der Waals surface area contributed by atoms with Crippen LogP contribution in [0.5, 0.6) is 0 Å². The zero-order valence-corrected chi connectivity index (χ0v) is 16.4. The molecule has 0 spiro atoms. The van der Waals surface area contributed by atoms with E-state index in [1.54, 1.807) is 29.3 Å². The number of halogens is 1. The Bertz CT molecular complexity index is 865. The van der Waals surface area contributed by atoms with Gasteiger partial charge in [0.25, 0.3) is 0 Å². The number of carbonyl (C=O) groups excluding carboxylic acids is 2. The van der Waals surface area contributed by atoms with Crippen molar-refractivity contribution in [2.24, 2.45) is 0 Å². The van der Waals surface area contributed by atoms with Crippen molar-refractivity contribution >= 4 is 35.0 Å². The third-order valence-corrected chi connectivity index (χ3v) is 5.79. The molecular formula is C21H23ClN4O2. The number of nitrogens with one attached hydrogen (secondary N) is 1. The maximum Gasteiger partial charge on any atom is 0.326 e. The highest BCUT2D eigenvalue weighted by molar-refractivity contribution is 6.31. The van der Waals surface area contributed by atoms with Gasteiger partial charge < -0.3 is 10.2 Å². The number of aromatic nitrogens is 1. The van der Waals surface area contributed by atoms with E-state index in [1.807, 2.05) is 23.1 Å². The van der Waals surface area contributed by atoms with Gasteiger partial charge in [-0.1, -0.05) is 42.6 Å². The van der Waals surface area contributed by atoms with E-state index in [2.05, 4.69) is 10.3 Å². The van der Waals surface area contributed by atoms with Gasteiger partial charge in [0, 0.05) is 24.2 Å². The monoisotopic (exact) mass is 398 g/mol. The van der Waals surface area contributed by atoms with E-state index in [1.165, 1.54) is 12.8 Å². The van der Waals surface area contributed by atoms with Crippen LogP contribution in [-0.2, 0) is 11.2 Å². The van der Waals surface area contributed by atoms with Crippen molar-refractivity contribution in [1.29, 1.82) is 0 Å². The molecule has 0 radical (unpaired) electrons. The maximum atomic E-state index is 12.7. The SMILES string of the molecule is O=C(Cc1ccccc1Cl)Nc1ccc(N2CCN(C3CCCC3)C2=O)nc1. The molecule has 3 amide bonds. The molecule has 0 atom stereocenters. The average Bonchev–Trinajstić information content (AvgIpc) is 3.34. The molecule has 2 fully saturated rings. The van der Waals surface area contributed by atoms with Crippen LogP contribution < -0.4 is 10.2 Å². The number of anilines is 2. The Labute approximate surface area is 169 Å². The normalized spacial score (nSPS) is 17.4. The summed E-state index contributed by atoms with van der Waals surface area (Å²) in [6.45, 7) is 1.40. The number of rotatable bonds is 5. The first kappa shape index (κ1) is 18.7. The summed E-state index contributed by atoms with van der Waals surface area (Å²) in [5.41, 5.74) is 1.38. The minimum absolute atomic E-state index is 0.0369. The average molecular weight is 399 g/mol. The Kier molecular flexibility index (Phi) is 5.48. The van der Waals surface area contributed by atoms with Gasteiger partial charge in [0.05, 0.1) is 18.3 Å². The van der Waals surface area contributed by atoms with Crippen molar-refractivity contribution < 1.29 is 9.59 Å². The van der Waals surface area contributed by atoms with Crippen LogP contribution in [0.2, 0.25) is 5.02 Å². The highest BCUT2D eigenvalue weighted by Crippen LogP contribution is 2.28. The van der Waals surface area contributed by atoms with Crippen LogP contribution in [0.3, 0.4) is 0 Å². The lowest BCUT2D eigenvalue weighted by Gasteiger charge is -2.23. The minimum atomic E-state index is -0.160. The summed E-state index contributed by atoms with van der Waals surface area (Å²) in [6, 6.07) is 11.3. The molecule has 146 valence electrons. The van der Waals surface area contributed by atoms with Gasteiger partial charge in [-0.15, -0.1) is 0 Å². The molecule has 4 rings (SSSR count). The molecule has 1 saturated carbocycles. The molecule has 0 unspecified atom stereocenters. The molecule has 2 aliphatic rings. The van der Waals surface area contributed by atoms with Crippen LogP contribution in [0.1, 0.15) is 31.2 Å². The van der Waals surface area contributed by atoms with Gasteiger partial charge in [0.2, 0.25) is 5.91 Å². The molecule has 1 aromatic carbocycles. The van der Waals surface area contributed by atoms with Gasteiger partial charge in [-0.05, 0) is 36.6 Å². The fourth-order valence-corrected chi connectivity index (χ4v) is 4.16. The van der Waals surface area contributed by atoms with E-state index < -0.39 is 0 Å². The highest BCUT2D eigenvalue weighted by atomic mass is 35.5. The Morgan fingerprint density at radius 2 is 1.93 bits per heavy atom. The Hall–Kier alpha value is -2.60. The lowest BCUT2D eigenvalue weighted by atomic mass is 10.1. The van der Waals surface area contributed by atoms with Crippen molar-refractivity contribution in [3.05, 3.63) is 53.2 Å². The van der Waals surface area contributed by atoms with E-state index in [0.29, 0.717) is 29.1 Å². The van der Waals surface area contributed by atoms with Crippen LogP contribution in [-0.4, -0.2) is 41.0 Å². The van der Waals surface area contributed by atoms with Crippen LogP contribution in [0.4, 0.5) is 16.3 Å². The van der Waals surface area contributed by atoms with Crippen LogP contribution >= 0.6 is 11.6 Å². The van der Waals surface area contributed by atoms with Crippen LogP contribution in [0, 0.1) is 0 Å². The van der Waals surface area contributed by atoms with E-state index in [-0.39, 0.29) is 18.4 Å². The number of carbonyl (C=O) groups is 2. The lowest BCUT2D eigenvalue weighted by Crippen LogP contribution is -2.38. The second kappa shape index (κ2) is 8.19. The Morgan fingerprint density at radius 1 is 1.14 bits per heavy atom. The molecule has 2 heterocycles. The second-order valence-corrected chi connectivity index (χ2v) is 7.69. The van der Waals surface area contributed by atoms with Gasteiger partial charge in [0.1, 0.15) is 5.82 Å². The summed E-state index contributed by atoms with van der Waals surface area (Å²) in [5.74, 6) is 0.460. The number of pyridine rings is 1. The molecule has 1 aliphatic heterocycles. The molecule has 1 aliphatic carbocycles. The maximum absolute atomic E-state index is 12.7. The summed E-state index contributed by atoms with van der Waals surface area (Å²) < 4.78 is 0. The van der Waals surface area contributed by atoms with E-state index >= 15 is 0 Å². The van der Waals surface area contributed by atoms with Gasteiger partial charge >= 0.3 is 6.03 Å². The molecule has 7 heteroatoms. The summed E-state index contributed by atoms with van der Waals surface area (Å²) >= 11 is 6.10. The quantitative estimate of drug-likeness (QED) is 0.824. The molecule has 1 aromatic heterocycles. The minimum Gasteiger partial charge on any atom is -0.324 e. The Balaban J connectivity index is 1.37. The fourth-order valence-electron chi connectivity index (χ4n) is 3.96. The van der Waals surface area contributed by atoms with Gasteiger partial charge in [-0.25, -0.2) is 9.78 Å². The smallest absolute Gasteiger partial charge is 0.324 e. The Morgan fingerprint density at radius 3 is 2.64 bits per heavy atom. The number of benzene rings is 1. The largest absolute Gasteiger partial charge is 0.326 e. The van der Waals surface area contributed by atoms with Crippen molar-refractivity contribution in [3.63, 3.8) is 0 Å². The van der Waals surface area contributed by atoms with Crippen molar-refractivity contribution in [1.82, 2.24) is 9.88 Å². The van der Waals surface area contributed by atoms with Gasteiger partial charge in [-0.3, -0.25) is 9.69 Å². The molecule has 1 N–H and O–H groups in total. The predicted molar refractivity (Wildman–Crippen MR) is 110 cm³/mol. The first-order chi connectivity index (χ1) is 13.6. The second-order valence-electron chi connectivity index (χ2n) is 7.29. The first-order valence-electron chi connectivity index (χ1n) is 9.69. The zero-order valence-electron chi connectivity index (χ0n) is 15.6. The predicted octanol–water partition coefficient (Wildman–Crippen LogP) is 4.10. The molecular weight excluding hydrogens is 376 g/mol. The van der Waals surface area contributed by atoms with E-state index in [9.17, 15) is 9.59 Å². The topological polar surface area (TPSA) is 65.5 Å². The molecule has 0 bridgehead atoms. The van der Waals surface area contributed by atoms with E-state index in [4.69, 9.17) is 11.6 Å². The fraction of sp³-hybridized carbons (Fsp3) is 0.381.